The number of aromatic nitrogens is 1. The molecule has 5 rings (SSSR count). The van der Waals surface area contributed by atoms with Gasteiger partial charge in [-0.15, -0.1) is 11.3 Å². The van der Waals surface area contributed by atoms with Crippen molar-refractivity contribution in [2.45, 2.75) is 19.8 Å². The van der Waals surface area contributed by atoms with Crippen LogP contribution >= 0.6 is 11.3 Å². The molecule has 0 saturated heterocycles. The van der Waals surface area contributed by atoms with Crippen molar-refractivity contribution in [3.63, 3.8) is 0 Å². The summed E-state index contributed by atoms with van der Waals surface area (Å²) in [5.74, 6) is 0.125. The Balaban J connectivity index is 1.70. The average molecular weight is 355 g/mol. The summed E-state index contributed by atoms with van der Waals surface area (Å²) in [6.45, 7) is 2.08. The van der Waals surface area contributed by atoms with E-state index in [2.05, 4.69) is 59.8 Å². The number of aryl methyl sites for hydroxylation is 2. The van der Waals surface area contributed by atoms with Crippen molar-refractivity contribution in [1.29, 1.82) is 0 Å². The van der Waals surface area contributed by atoms with E-state index in [0.717, 1.165) is 45.3 Å². The minimum absolute atomic E-state index is 0.125. The molecular formula is C23H17NOS. The lowest BCUT2D eigenvalue weighted by Gasteiger charge is -2.20. The van der Waals surface area contributed by atoms with Gasteiger partial charge in [-0.25, -0.2) is 0 Å². The van der Waals surface area contributed by atoms with Gasteiger partial charge >= 0.3 is 0 Å². The van der Waals surface area contributed by atoms with Gasteiger partial charge < -0.3 is 0 Å². The molecule has 2 nitrogen and oxygen atoms in total. The third-order valence-corrected chi connectivity index (χ3v) is 6.11. The second-order valence-corrected chi connectivity index (χ2v) is 7.80. The highest BCUT2D eigenvalue weighted by molar-refractivity contribution is 7.11. The number of hydrogen-bond acceptors (Lipinski definition) is 3. The van der Waals surface area contributed by atoms with Crippen molar-refractivity contribution in [3.8, 4) is 0 Å². The number of carbonyl (C=O) groups excluding carboxylic acids is 1. The molecule has 126 valence electrons. The Hall–Kier alpha value is -2.78. The van der Waals surface area contributed by atoms with Crippen LogP contribution in [-0.4, -0.2) is 10.8 Å². The van der Waals surface area contributed by atoms with Gasteiger partial charge in [0.15, 0.2) is 5.78 Å². The summed E-state index contributed by atoms with van der Waals surface area (Å²) in [6, 6.07) is 14.6. The highest BCUT2D eigenvalue weighted by Crippen LogP contribution is 2.35. The number of rotatable bonds is 1. The SMILES string of the molecule is Cc1csc(/C=C2\CCc3c(cnc4ccc5ccccc5c34)C2=O)c1. The monoisotopic (exact) mass is 355 g/mol. The fraction of sp³-hybridized carbons (Fsp3) is 0.130. The molecule has 0 N–H and O–H groups in total. The van der Waals surface area contributed by atoms with Gasteiger partial charge in [-0.1, -0.05) is 30.3 Å². The summed E-state index contributed by atoms with van der Waals surface area (Å²) in [6.07, 6.45) is 5.48. The van der Waals surface area contributed by atoms with E-state index in [1.807, 2.05) is 6.07 Å². The van der Waals surface area contributed by atoms with Gasteiger partial charge in [0.25, 0.3) is 0 Å². The van der Waals surface area contributed by atoms with Crippen LogP contribution in [0.2, 0.25) is 0 Å². The standard InChI is InChI=1S/C23H17NOS/c1-14-10-17(26-13-14)11-16-6-8-19-20(23(16)25)12-24-21-9-7-15-4-2-3-5-18(15)22(19)21/h2-5,7,9-13H,6,8H2,1H3/b16-11+. The molecule has 1 aliphatic carbocycles. The van der Waals surface area contributed by atoms with Gasteiger partial charge in [0, 0.05) is 27.6 Å². The van der Waals surface area contributed by atoms with E-state index in [9.17, 15) is 4.79 Å². The third kappa shape index (κ3) is 2.39. The summed E-state index contributed by atoms with van der Waals surface area (Å²) in [5, 5.41) is 5.64. The Morgan fingerprint density at radius 1 is 1.12 bits per heavy atom. The van der Waals surface area contributed by atoms with Gasteiger partial charge in [0.2, 0.25) is 0 Å². The highest BCUT2D eigenvalue weighted by Gasteiger charge is 2.25. The summed E-state index contributed by atoms with van der Waals surface area (Å²) in [7, 11) is 0. The van der Waals surface area contributed by atoms with Gasteiger partial charge in [0.1, 0.15) is 0 Å². The van der Waals surface area contributed by atoms with Crippen LogP contribution in [0, 0.1) is 6.92 Å². The minimum Gasteiger partial charge on any atom is -0.289 e. The lowest BCUT2D eigenvalue weighted by molar-refractivity contribution is 0.102. The quantitative estimate of drug-likeness (QED) is 0.311. The maximum absolute atomic E-state index is 13.1. The summed E-state index contributed by atoms with van der Waals surface area (Å²) in [5.41, 5.74) is 5.01. The van der Waals surface area contributed by atoms with E-state index in [1.54, 1.807) is 17.5 Å². The number of hydrogen-bond donors (Lipinski definition) is 0. The van der Waals surface area contributed by atoms with Crippen LogP contribution in [0.3, 0.4) is 0 Å². The predicted octanol–water partition coefficient (Wildman–Crippen LogP) is 5.97. The number of allylic oxidation sites excluding steroid dienone is 1. The summed E-state index contributed by atoms with van der Waals surface area (Å²) in [4.78, 5) is 18.8. The van der Waals surface area contributed by atoms with Gasteiger partial charge in [0.05, 0.1) is 5.52 Å². The average Bonchev–Trinajstić information content (AvgIpc) is 3.08. The molecule has 2 aromatic carbocycles. The largest absolute Gasteiger partial charge is 0.289 e. The van der Waals surface area contributed by atoms with Crippen LogP contribution in [0.1, 0.15) is 32.8 Å². The predicted molar refractivity (Wildman–Crippen MR) is 109 cm³/mol. The molecule has 0 aliphatic heterocycles. The maximum atomic E-state index is 13.1. The van der Waals surface area contributed by atoms with Crippen LogP contribution in [0.4, 0.5) is 0 Å². The number of ketones is 1. The number of fused-ring (bicyclic) bond motifs is 5. The maximum Gasteiger partial charge on any atom is 0.190 e. The van der Waals surface area contributed by atoms with E-state index >= 15 is 0 Å². The zero-order chi connectivity index (χ0) is 17.7. The topological polar surface area (TPSA) is 30.0 Å². The second kappa shape index (κ2) is 5.89. The summed E-state index contributed by atoms with van der Waals surface area (Å²) >= 11 is 1.69. The first kappa shape index (κ1) is 15.5. The molecule has 0 atom stereocenters. The van der Waals surface area contributed by atoms with Crippen LogP contribution in [-0.2, 0) is 6.42 Å². The highest BCUT2D eigenvalue weighted by atomic mass is 32.1. The first-order valence-electron chi connectivity index (χ1n) is 8.80. The van der Waals surface area contributed by atoms with E-state index in [4.69, 9.17) is 0 Å². The van der Waals surface area contributed by atoms with Crippen molar-refractivity contribution in [2.24, 2.45) is 0 Å². The van der Waals surface area contributed by atoms with E-state index < -0.39 is 0 Å². The zero-order valence-electron chi connectivity index (χ0n) is 14.5. The number of nitrogens with zero attached hydrogens (tertiary/aromatic N) is 1. The zero-order valence-corrected chi connectivity index (χ0v) is 15.3. The molecule has 0 spiro atoms. The normalized spacial score (nSPS) is 15.7. The fourth-order valence-electron chi connectivity index (χ4n) is 3.87. The van der Waals surface area contributed by atoms with Crippen molar-refractivity contribution in [3.05, 3.63) is 81.2 Å². The third-order valence-electron chi connectivity index (χ3n) is 5.11. The van der Waals surface area contributed by atoms with Crippen LogP contribution in [0.5, 0.6) is 0 Å². The molecule has 0 fully saturated rings. The molecule has 2 aromatic heterocycles. The molecular weight excluding hydrogens is 338 g/mol. The number of thiophene rings is 1. The molecule has 0 amide bonds. The summed E-state index contributed by atoms with van der Waals surface area (Å²) < 4.78 is 0. The van der Waals surface area contributed by atoms with Crippen LogP contribution in [0.25, 0.3) is 27.8 Å². The van der Waals surface area contributed by atoms with Gasteiger partial charge in [-0.2, -0.15) is 0 Å². The molecule has 2 heterocycles. The second-order valence-electron chi connectivity index (χ2n) is 6.86. The molecule has 0 bridgehead atoms. The van der Waals surface area contributed by atoms with E-state index in [0.29, 0.717) is 0 Å². The Labute approximate surface area is 155 Å². The fourth-order valence-corrected chi connectivity index (χ4v) is 4.73. The smallest absolute Gasteiger partial charge is 0.190 e. The Kier molecular flexibility index (Phi) is 3.50. The Morgan fingerprint density at radius 3 is 2.85 bits per heavy atom. The molecule has 0 unspecified atom stereocenters. The molecule has 4 aromatic rings. The lowest BCUT2D eigenvalue weighted by atomic mass is 9.84. The van der Waals surface area contributed by atoms with E-state index in [1.165, 1.54) is 16.3 Å². The minimum atomic E-state index is 0.125. The molecule has 26 heavy (non-hydrogen) atoms. The van der Waals surface area contributed by atoms with E-state index in [-0.39, 0.29) is 5.78 Å². The van der Waals surface area contributed by atoms with Crippen molar-refractivity contribution < 1.29 is 4.79 Å². The van der Waals surface area contributed by atoms with Gasteiger partial charge in [-0.3, -0.25) is 9.78 Å². The first-order chi connectivity index (χ1) is 12.7. The lowest BCUT2D eigenvalue weighted by Crippen LogP contribution is -2.15. The van der Waals surface area contributed by atoms with Gasteiger partial charge in [-0.05, 0) is 65.3 Å². The molecule has 0 radical (unpaired) electrons. The Bertz CT molecular complexity index is 1220. The Morgan fingerprint density at radius 2 is 2.00 bits per heavy atom. The molecule has 3 heteroatoms. The first-order valence-corrected chi connectivity index (χ1v) is 9.68. The van der Waals surface area contributed by atoms with Crippen molar-refractivity contribution >= 4 is 44.9 Å². The molecule has 0 saturated carbocycles. The van der Waals surface area contributed by atoms with Crippen LogP contribution < -0.4 is 0 Å². The molecule has 1 aliphatic rings. The van der Waals surface area contributed by atoms with Crippen molar-refractivity contribution in [2.75, 3.05) is 0 Å². The van der Waals surface area contributed by atoms with Crippen molar-refractivity contribution in [1.82, 2.24) is 4.98 Å². The number of Topliss-reactive ketones (excluding diaryl/α,β-unsaturated/α-hetero) is 1. The number of benzene rings is 2. The van der Waals surface area contributed by atoms with Crippen LogP contribution in [0.15, 0.2) is 59.6 Å². The number of carbonyl (C=O) groups is 1. The number of pyridine rings is 1.